The van der Waals surface area contributed by atoms with Gasteiger partial charge in [-0.15, -0.1) is 0 Å². The topological polar surface area (TPSA) is 17.1 Å². The summed E-state index contributed by atoms with van der Waals surface area (Å²) in [5, 5.41) is 0.404. The maximum absolute atomic E-state index is 13.0. The molecule has 2 rings (SSSR count). The lowest BCUT2D eigenvalue weighted by Gasteiger charge is -2.05. The Hall–Kier alpha value is -1.32. The van der Waals surface area contributed by atoms with Crippen LogP contribution in [0.4, 0.5) is 4.39 Å². The summed E-state index contributed by atoms with van der Waals surface area (Å²) in [5.41, 5.74) is 0.434. The molecule has 4 heteroatoms. The van der Waals surface area contributed by atoms with Gasteiger partial charge < -0.3 is 0 Å². The number of rotatable bonds is 3. The van der Waals surface area contributed by atoms with Crippen molar-refractivity contribution in [1.82, 2.24) is 0 Å². The average molecular weight is 267 g/mol. The highest BCUT2D eigenvalue weighted by Gasteiger charge is 2.07. The zero-order valence-corrected chi connectivity index (χ0v) is 10.3. The molecule has 17 heavy (non-hydrogen) atoms. The van der Waals surface area contributed by atoms with Crippen LogP contribution in [-0.4, -0.2) is 6.29 Å². The number of carbonyl (C=O) groups excluding carboxylic acids is 1. The Morgan fingerprint density at radius 2 is 1.94 bits per heavy atom. The van der Waals surface area contributed by atoms with Crippen LogP contribution < -0.4 is 0 Å². The molecule has 0 saturated heterocycles. The highest BCUT2D eigenvalue weighted by atomic mass is 35.5. The number of hydrogen-bond donors (Lipinski definition) is 0. The first-order valence-electron chi connectivity index (χ1n) is 4.88. The third-order valence-electron chi connectivity index (χ3n) is 2.15. The molecule has 0 aliphatic rings. The summed E-state index contributed by atoms with van der Waals surface area (Å²) in [6.45, 7) is 0. The van der Waals surface area contributed by atoms with Crippen LogP contribution in [0.5, 0.6) is 0 Å². The van der Waals surface area contributed by atoms with Gasteiger partial charge in [-0.25, -0.2) is 4.39 Å². The van der Waals surface area contributed by atoms with Gasteiger partial charge >= 0.3 is 0 Å². The smallest absolute Gasteiger partial charge is 0.152 e. The maximum atomic E-state index is 13.0. The van der Waals surface area contributed by atoms with Crippen molar-refractivity contribution in [2.75, 3.05) is 0 Å². The van der Waals surface area contributed by atoms with Crippen LogP contribution in [0.1, 0.15) is 10.4 Å². The lowest BCUT2D eigenvalue weighted by atomic mass is 10.2. The van der Waals surface area contributed by atoms with Crippen LogP contribution in [0.3, 0.4) is 0 Å². The molecule has 0 heterocycles. The van der Waals surface area contributed by atoms with Crippen LogP contribution in [-0.2, 0) is 0 Å². The number of carbonyl (C=O) groups is 1. The molecule has 0 atom stereocenters. The van der Waals surface area contributed by atoms with E-state index in [0.29, 0.717) is 16.9 Å². The Labute approximate surface area is 108 Å². The van der Waals surface area contributed by atoms with Crippen LogP contribution in [0, 0.1) is 5.82 Å². The molecule has 2 aromatic carbocycles. The van der Waals surface area contributed by atoms with Crippen LogP contribution in [0.2, 0.25) is 5.02 Å². The molecule has 0 unspecified atom stereocenters. The highest BCUT2D eigenvalue weighted by Crippen LogP contribution is 2.32. The fourth-order valence-electron chi connectivity index (χ4n) is 1.38. The minimum absolute atomic E-state index is 0.301. The van der Waals surface area contributed by atoms with Crippen molar-refractivity contribution in [2.45, 2.75) is 9.79 Å². The van der Waals surface area contributed by atoms with Gasteiger partial charge in [0.05, 0.1) is 5.02 Å². The van der Waals surface area contributed by atoms with Gasteiger partial charge in [-0.1, -0.05) is 35.5 Å². The minimum atomic E-state index is -0.301. The van der Waals surface area contributed by atoms with Gasteiger partial charge in [-0.05, 0) is 30.3 Å². The summed E-state index contributed by atoms with van der Waals surface area (Å²) in [6, 6.07) is 11.4. The number of aldehydes is 1. The first-order chi connectivity index (χ1) is 8.20. The normalized spacial score (nSPS) is 10.2. The molecule has 1 nitrogen and oxygen atoms in total. The Morgan fingerprint density at radius 3 is 2.65 bits per heavy atom. The van der Waals surface area contributed by atoms with Crippen molar-refractivity contribution >= 4 is 29.6 Å². The van der Waals surface area contributed by atoms with E-state index in [9.17, 15) is 9.18 Å². The fourth-order valence-corrected chi connectivity index (χ4v) is 2.64. The van der Waals surface area contributed by atoms with E-state index in [1.165, 1.54) is 23.9 Å². The van der Waals surface area contributed by atoms with Crippen LogP contribution in [0.25, 0.3) is 0 Å². The summed E-state index contributed by atoms with van der Waals surface area (Å²) in [4.78, 5) is 12.4. The van der Waals surface area contributed by atoms with Gasteiger partial charge in [0.2, 0.25) is 0 Å². The van der Waals surface area contributed by atoms with E-state index in [4.69, 9.17) is 11.6 Å². The summed E-state index contributed by atoms with van der Waals surface area (Å²) >= 11 is 7.22. The maximum Gasteiger partial charge on any atom is 0.152 e. The molecule has 0 bridgehead atoms. The highest BCUT2D eigenvalue weighted by molar-refractivity contribution is 7.99. The third-order valence-corrected chi connectivity index (χ3v) is 3.55. The van der Waals surface area contributed by atoms with Crippen molar-refractivity contribution in [1.29, 1.82) is 0 Å². The van der Waals surface area contributed by atoms with E-state index in [2.05, 4.69) is 0 Å². The number of benzene rings is 2. The fraction of sp³-hybridized carbons (Fsp3) is 0. The Balaban J connectivity index is 2.36. The molecule has 0 spiro atoms. The zero-order chi connectivity index (χ0) is 12.3. The first kappa shape index (κ1) is 12.1. The van der Waals surface area contributed by atoms with Gasteiger partial charge in [-0.3, -0.25) is 4.79 Å². The molecule has 0 aliphatic carbocycles. The second-order valence-corrected chi connectivity index (χ2v) is 4.85. The van der Waals surface area contributed by atoms with Gasteiger partial charge in [0, 0.05) is 15.4 Å². The Morgan fingerprint density at radius 1 is 1.18 bits per heavy atom. The molecular weight excluding hydrogens is 259 g/mol. The van der Waals surface area contributed by atoms with Gasteiger partial charge in [0.25, 0.3) is 0 Å². The molecule has 0 amide bonds. The lowest BCUT2D eigenvalue weighted by molar-refractivity contribution is 0.112. The molecule has 0 aliphatic heterocycles. The van der Waals surface area contributed by atoms with E-state index in [-0.39, 0.29) is 5.82 Å². The van der Waals surface area contributed by atoms with E-state index < -0.39 is 0 Å². The Kier molecular flexibility index (Phi) is 3.82. The first-order valence-corrected chi connectivity index (χ1v) is 6.07. The van der Waals surface area contributed by atoms with Crippen molar-refractivity contribution in [3.8, 4) is 0 Å². The second kappa shape index (κ2) is 5.34. The summed E-state index contributed by atoms with van der Waals surface area (Å²) in [6.07, 6.45) is 0.712. The second-order valence-electron chi connectivity index (χ2n) is 3.33. The molecule has 0 fully saturated rings. The molecule has 2 aromatic rings. The van der Waals surface area contributed by atoms with Crippen molar-refractivity contribution in [2.24, 2.45) is 0 Å². The molecule has 0 aromatic heterocycles. The van der Waals surface area contributed by atoms with Crippen molar-refractivity contribution in [3.05, 3.63) is 58.9 Å². The zero-order valence-electron chi connectivity index (χ0n) is 8.69. The van der Waals surface area contributed by atoms with Gasteiger partial charge in [-0.2, -0.15) is 0 Å². The molecule has 86 valence electrons. The van der Waals surface area contributed by atoms with Gasteiger partial charge in [0.15, 0.2) is 6.29 Å². The summed E-state index contributed by atoms with van der Waals surface area (Å²) < 4.78 is 13.0. The van der Waals surface area contributed by atoms with Crippen molar-refractivity contribution in [3.63, 3.8) is 0 Å². The minimum Gasteiger partial charge on any atom is -0.298 e. The lowest BCUT2D eigenvalue weighted by Crippen LogP contribution is -1.86. The number of hydrogen-bond acceptors (Lipinski definition) is 2. The molecule has 0 radical (unpaired) electrons. The van der Waals surface area contributed by atoms with Crippen LogP contribution >= 0.6 is 23.4 Å². The van der Waals surface area contributed by atoms with Crippen LogP contribution in [0.15, 0.2) is 52.3 Å². The molecular formula is C13H8ClFOS. The third kappa shape index (κ3) is 2.87. The predicted molar refractivity (Wildman–Crippen MR) is 67.4 cm³/mol. The van der Waals surface area contributed by atoms with Gasteiger partial charge in [0.1, 0.15) is 5.82 Å². The van der Waals surface area contributed by atoms with E-state index >= 15 is 0 Å². The SMILES string of the molecule is O=Cc1c(Cl)cccc1Sc1cccc(F)c1. The largest absolute Gasteiger partial charge is 0.298 e. The monoisotopic (exact) mass is 266 g/mol. The van der Waals surface area contributed by atoms with E-state index in [1.54, 1.807) is 30.3 Å². The molecule has 0 saturated carbocycles. The summed E-state index contributed by atoms with van der Waals surface area (Å²) in [7, 11) is 0. The Bertz CT molecular complexity index is 557. The number of halogens is 2. The standard InChI is InChI=1S/C13H8ClFOS/c14-12-5-2-6-13(11(12)8-16)17-10-4-1-3-9(15)7-10/h1-8H. The summed E-state index contributed by atoms with van der Waals surface area (Å²) in [5.74, 6) is -0.301. The van der Waals surface area contributed by atoms with E-state index in [1.807, 2.05) is 0 Å². The predicted octanol–water partition coefficient (Wildman–Crippen LogP) is 4.44. The van der Waals surface area contributed by atoms with E-state index in [0.717, 1.165) is 9.79 Å². The molecule has 0 N–H and O–H groups in total. The average Bonchev–Trinajstić information content (AvgIpc) is 2.29. The quantitative estimate of drug-likeness (QED) is 0.764. The van der Waals surface area contributed by atoms with Crippen molar-refractivity contribution < 1.29 is 9.18 Å².